The highest BCUT2D eigenvalue weighted by atomic mass is 16.5. The molecule has 2 rings (SSSR count). The van der Waals surface area contributed by atoms with Gasteiger partial charge in [-0.15, -0.1) is 0 Å². The summed E-state index contributed by atoms with van der Waals surface area (Å²) in [5.74, 6) is 0.866. The predicted octanol–water partition coefficient (Wildman–Crippen LogP) is 4.13. The number of aryl methyl sites for hydroxylation is 1. The summed E-state index contributed by atoms with van der Waals surface area (Å²) in [6.45, 7) is 9.74. The minimum atomic E-state index is 0.390. The summed E-state index contributed by atoms with van der Waals surface area (Å²) in [5, 5.41) is 8.21. The zero-order chi connectivity index (χ0) is 16.8. The standard InChI is InChI=1S/C19H29N3O/c1-13(2)20-9-6-7-15(4)22-18-12-16(23-5)11-17-14(3)8-10-21-19(17)18/h8,10-13,15,20,22H,6-7,9H2,1-5H3/t15-/m0/s1. The van der Waals surface area contributed by atoms with Gasteiger partial charge in [-0.1, -0.05) is 13.8 Å². The number of hydrogen-bond acceptors (Lipinski definition) is 4. The van der Waals surface area contributed by atoms with Crippen LogP contribution in [0, 0.1) is 6.92 Å². The Bertz CT molecular complexity index is 640. The second-order valence-corrected chi connectivity index (χ2v) is 6.50. The van der Waals surface area contributed by atoms with E-state index in [9.17, 15) is 0 Å². The lowest BCUT2D eigenvalue weighted by molar-refractivity contribution is 0.415. The molecule has 1 heterocycles. The first-order chi connectivity index (χ1) is 11.0. The average molecular weight is 315 g/mol. The van der Waals surface area contributed by atoms with Crippen LogP contribution in [0.25, 0.3) is 10.9 Å². The molecule has 2 N–H and O–H groups in total. The Kier molecular flexibility index (Phi) is 6.22. The van der Waals surface area contributed by atoms with E-state index in [-0.39, 0.29) is 0 Å². The molecule has 0 saturated carbocycles. The molecule has 0 saturated heterocycles. The van der Waals surface area contributed by atoms with Crippen molar-refractivity contribution in [2.75, 3.05) is 19.0 Å². The lowest BCUT2D eigenvalue weighted by atomic mass is 10.1. The van der Waals surface area contributed by atoms with E-state index in [2.05, 4.69) is 49.4 Å². The first-order valence-electron chi connectivity index (χ1n) is 8.44. The number of nitrogens with zero attached hydrogens (tertiary/aromatic N) is 1. The number of benzene rings is 1. The highest BCUT2D eigenvalue weighted by Gasteiger charge is 2.10. The summed E-state index contributed by atoms with van der Waals surface area (Å²) in [7, 11) is 1.71. The van der Waals surface area contributed by atoms with Crippen LogP contribution in [0.15, 0.2) is 24.4 Å². The lowest BCUT2D eigenvalue weighted by Gasteiger charge is -2.18. The molecule has 0 radical (unpaired) electrons. The van der Waals surface area contributed by atoms with Crippen LogP contribution in [-0.2, 0) is 0 Å². The van der Waals surface area contributed by atoms with Gasteiger partial charge in [0.2, 0.25) is 0 Å². The molecule has 126 valence electrons. The molecule has 4 nitrogen and oxygen atoms in total. The Morgan fingerprint density at radius 1 is 1.22 bits per heavy atom. The smallest absolute Gasteiger partial charge is 0.121 e. The van der Waals surface area contributed by atoms with Crippen LogP contribution < -0.4 is 15.4 Å². The van der Waals surface area contributed by atoms with Gasteiger partial charge in [0, 0.05) is 29.7 Å². The van der Waals surface area contributed by atoms with Gasteiger partial charge in [-0.2, -0.15) is 0 Å². The maximum atomic E-state index is 5.45. The van der Waals surface area contributed by atoms with Crippen LogP contribution in [0.5, 0.6) is 5.75 Å². The molecule has 0 fully saturated rings. The SMILES string of the molecule is COc1cc(N[C@@H](C)CCCNC(C)C)c2nccc(C)c2c1. The van der Waals surface area contributed by atoms with E-state index in [1.807, 2.05) is 18.3 Å². The minimum Gasteiger partial charge on any atom is -0.497 e. The lowest BCUT2D eigenvalue weighted by Crippen LogP contribution is -2.25. The van der Waals surface area contributed by atoms with Gasteiger partial charge in [0.1, 0.15) is 5.75 Å². The number of methoxy groups -OCH3 is 1. The monoisotopic (exact) mass is 315 g/mol. The molecule has 1 aromatic heterocycles. The predicted molar refractivity (Wildman–Crippen MR) is 98.5 cm³/mol. The van der Waals surface area contributed by atoms with Gasteiger partial charge in [0.25, 0.3) is 0 Å². The fourth-order valence-corrected chi connectivity index (χ4v) is 2.73. The molecule has 0 bridgehead atoms. The molecular formula is C19H29N3O. The Labute approximate surface area is 139 Å². The van der Waals surface area contributed by atoms with Crippen LogP contribution in [0.4, 0.5) is 5.69 Å². The maximum absolute atomic E-state index is 5.45. The zero-order valence-corrected chi connectivity index (χ0v) is 14.9. The Morgan fingerprint density at radius 2 is 2.00 bits per heavy atom. The summed E-state index contributed by atoms with van der Waals surface area (Å²) >= 11 is 0. The normalized spacial score (nSPS) is 12.6. The van der Waals surface area contributed by atoms with E-state index in [4.69, 9.17) is 4.74 Å². The van der Waals surface area contributed by atoms with Crippen LogP contribution in [0.1, 0.15) is 39.2 Å². The van der Waals surface area contributed by atoms with Crippen LogP contribution in [0.3, 0.4) is 0 Å². The summed E-state index contributed by atoms with van der Waals surface area (Å²) in [6, 6.07) is 7.07. The third-order valence-electron chi connectivity index (χ3n) is 4.04. The van der Waals surface area contributed by atoms with Crippen molar-refractivity contribution in [3.05, 3.63) is 30.0 Å². The van der Waals surface area contributed by atoms with Crippen molar-refractivity contribution in [1.82, 2.24) is 10.3 Å². The van der Waals surface area contributed by atoms with E-state index >= 15 is 0 Å². The van der Waals surface area contributed by atoms with Crippen molar-refractivity contribution < 1.29 is 4.74 Å². The molecule has 4 heteroatoms. The highest BCUT2D eigenvalue weighted by molar-refractivity contribution is 5.94. The topological polar surface area (TPSA) is 46.2 Å². The van der Waals surface area contributed by atoms with Crippen LogP contribution >= 0.6 is 0 Å². The van der Waals surface area contributed by atoms with E-state index in [0.29, 0.717) is 12.1 Å². The van der Waals surface area contributed by atoms with Crippen molar-refractivity contribution in [2.45, 2.75) is 52.6 Å². The molecular weight excluding hydrogens is 286 g/mol. The summed E-state index contributed by atoms with van der Waals surface area (Å²) in [5.41, 5.74) is 3.27. The van der Waals surface area contributed by atoms with Crippen LogP contribution in [-0.4, -0.2) is 30.7 Å². The van der Waals surface area contributed by atoms with Gasteiger partial charge in [-0.25, -0.2) is 0 Å². The van der Waals surface area contributed by atoms with Gasteiger partial charge in [0.15, 0.2) is 0 Å². The molecule has 1 atom stereocenters. The molecule has 2 aromatic rings. The van der Waals surface area contributed by atoms with E-state index in [0.717, 1.165) is 41.7 Å². The molecule has 0 aliphatic rings. The van der Waals surface area contributed by atoms with E-state index < -0.39 is 0 Å². The third kappa shape index (κ3) is 4.83. The van der Waals surface area contributed by atoms with Crippen molar-refractivity contribution in [1.29, 1.82) is 0 Å². The molecule has 0 unspecified atom stereocenters. The second kappa shape index (κ2) is 8.16. The molecule has 1 aromatic carbocycles. The maximum Gasteiger partial charge on any atom is 0.121 e. The minimum absolute atomic E-state index is 0.390. The van der Waals surface area contributed by atoms with E-state index in [1.54, 1.807) is 7.11 Å². The number of fused-ring (bicyclic) bond motifs is 1. The number of aromatic nitrogens is 1. The first-order valence-corrected chi connectivity index (χ1v) is 8.44. The average Bonchev–Trinajstić information content (AvgIpc) is 2.52. The van der Waals surface area contributed by atoms with Gasteiger partial charge < -0.3 is 15.4 Å². The van der Waals surface area contributed by atoms with Gasteiger partial charge in [-0.3, -0.25) is 4.98 Å². The molecule has 0 aliphatic heterocycles. The summed E-state index contributed by atoms with van der Waals surface area (Å²) in [4.78, 5) is 4.56. The summed E-state index contributed by atoms with van der Waals surface area (Å²) in [6.07, 6.45) is 4.14. The molecule has 23 heavy (non-hydrogen) atoms. The fourth-order valence-electron chi connectivity index (χ4n) is 2.73. The molecule has 0 aliphatic carbocycles. The highest BCUT2D eigenvalue weighted by Crippen LogP contribution is 2.30. The van der Waals surface area contributed by atoms with Gasteiger partial charge in [0.05, 0.1) is 18.3 Å². The van der Waals surface area contributed by atoms with Gasteiger partial charge in [-0.05, 0) is 50.9 Å². The number of anilines is 1. The number of pyridine rings is 1. The van der Waals surface area contributed by atoms with E-state index in [1.165, 1.54) is 5.56 Å². The summed E-state index contributed by atoms with van der Waals surface area (Å²) < 4.78 is 5.45. The number of hydrogen-bond donors (Lipinski definition) is 2. The number of nitrogens with one attached hydrogen (secondary N) is 2. The zero-order valence-electron chi connectivity index (χ0n) is 14.9. The quantitative estimate of drug-likeness (QED) is 0.719. The Hall–Kier alpha value is -1.81. The van der Waals surface area contributed by atoms with Gasteiger partial charge >= 0.3 is 0 Å². The Morgan fingerprint density at radius 3 is 2.70 bits per heavy atom. The third-order valence-corrected chi connectivity index (χ3v) is 4.04. The van der Waals surface area contributed by atoms with Crippen molar-refractivity contribution in [3.8, 4) is 5.75 Å². The largest absolute Gasteiger partial charge is 0.497 e. The van der Waals surface area contributed by atoms with Crippen molar-refractivity contribution in [2.24, 2.45) is 0 Å². The van der Waals surface area contributed by atoms with Crippen LogP contribution in [0.2, 0.25) is 0 Å². The number of rotatable bonds is 8. The van der Waals surface area contributed by atoms with Crippen molar-refractivity contribution >= 4 is 16.6 Å². The molecule has 0 amide bonds. The second-order valence-electron chi connectivity index (χ2n) is 6.50. The molecule has 0 spiro atoms. The Balaban J connectivity index is 2.11. The van der Waals surface area contributed by atoms with Crippen molar-refractivity contribution in [3.63, 3.8) is 0 Å². The number of ether oxygens (including phenoxy) is 1. The first kappa shape index (κ1) is 17.5. The fraction of sp³-hybridized carbons (Fsp3) is 0.526.